The molecule has 0 aliphatic carbocycles. The number of hydrogen-bond acceptors (Lipinski definition) is 8. The molecule has 10 nitrogen and oxygen atoms in total. The summed E-state index contributed by atoms with van der Waals surface area (Å²) in [5.74, 6) is 0.147. The standard InChI is InChI=1S/C24H32N8O2S/c1-15-13-20-26-27-21(16(2)32(20)28-15)24(34)31-11-5-17(6-12-31)22-25-19(14-35-22)23(33)30(4)18-7-9-29(3)10-8-18/h13-14,17-18H,5-12H2,1-4H3. The van der Waals surface area contributed by atoms with Crippen LogP contribution in [-0.2, 0) is 0 Å². The summed E-state index contributed by atoms with van der Waals surface area (Å²) in [7, 11) is 4.02. The number of likely N-dealkylation sites (tertiary alicyclic amines) is 2. The summed E-state index contributed by atoms with van der Waals surface area (Å²) in [5.41, 5.74) is 3.07. The Morgan fingerprint density at radius 2 is 1.77 bits per heavy atom. The lowest BCUT2D eigenvalue weighted by Gasteiger charge is -2.34. The molecule has 2 saturated heterocycles. The van der Waals surface area contributed by atoms with Crippen molar-refractivity contribution >= 4 is 28.8 Å². The first-order chi connectivity index (χ1) is 16.8. The van der Waals surface area contributed by atoms with E-state index in [1.807, 2.05) is 42.1 Å². The van der Waals surface area contributed by atoms with Gasteiger partial charge in [-0.15, -0.1) is 21.5 Å². The average molecular weight is 497 g/mol. The van der Waals surface area contributed by atoms with E-state index in [2.05, 4.69) is 27.2 Å². The van der Waals surface area contributed by atoms with Crippen molar-refractivity contribution in [1.29, 1.82) is 0 Å². The molecule has 2 fully saturated rings. The first-order valence-electron chi connectivity index (χ1n) is 12.2. The lowest BCUT2D eigenvalue weighted by Crippen LogP contribution is -2.44. The molecule has 0 radical (unpaired) electrons. The van der Waals surface area contributed by atoms with Gasteiger partial charge in [-0.3, -0.25) is 9.59 Å². The largest absolute Gasteiger partial charge is 0.337 e. The van der Waals surface area contributed by atoms with Crippen molar-refractivity contribution in [3.05, 3.63) is 39.2 Å². The molecule has 2 amide bonds. The highest BCUT2D eigenvalue weighted by Gasteiger charge is 2.30. The molecular formula is C24H32N8O2S. The Morgan fingerprint density at radius 3 is 2.49 bits per heavy atom. The molecule has 35 heavy (non-hydrogen) atoms. The van der Waals surface area contributed by atoms with Crippen LogP contribution in [0.25, 0.3) is 5.65 Å². The Bertz CT molecular complexity index is 1240. The molecule has 0 saturated carbocycles. The molecule has 0 N–H and O–H groups in total. The maximum atomic E-state index is 13.2. The van der Waals surface area contributed by atoms with Crippen molar-refractivity contribution in [1.82, 2.24) is 39.5 Å². The number of fused-ring (bicyclic) bond motifs is 1. The van der Waals surface area contributed by atoms with Crippen LogP contribution in [0.1, 0.15) is 69.0 Å². The molecule has 3 aromatic heterocycles. The summed E-state index contributed by atoms with van der Waals surface area (Å²) < 4.78 is 1.68. The number of aryl methyl sites for hydroxylation is 2. The van der Waals surface area contributed by atoms with E-state index in [-0.39, 0.29) is 23.8 Å². The Hall–Kier alpha value is -2.92. The van der Waals surface area contributed by atoms with E-state index in [1.165, 1.54) is 0 Å². The number of thiazole rings is 1. The van der Waals surface area contributed by atoms with Gasteiger partial charge >= 0.3 is 0 Å². The summed E-state index contributed by atoms with van der Waals surface area (Å²) in [5, 5.41) is 15.7. The monoisotopic (exact) mass is 496 g/mol. The van der Waals surface area contributed by atoms with Crippen molar-refractivity contribution in [2.75, 3.05) is 40.3 Å². The van der Waals surface area contributed by atoms with Crippen molar-refractivity contribution in [3.63, 3.8) is 0 Å². The summed E-state index contributed by atoms with van der Waals surface area (Å²) in [6, 6.07) is 2.12. The first-order valence-corrected chi connectivity index (χ1v) is 13.1. The molecule has 5 rings (SSSR count). The van der Waals surface area contributed by atoms with Gasteiger partial charge in [-0.25, -0.2) is 9.50 Å². The third-order valence-electron chi connectivity index (χ3n) is 7.36. The van der Waals surface area contributed by atoms with Crippen LogP contribution in [0.4, 0.5) is 0 Å². The molecule has 11 heteroatoms. The molecule has 186 valence electrons. The number of carbonyl (C=O) groups excluding carboxylic acids is 2. The van der Waals surface area contributed by atoms with E-state index < -0.39 is 0 Å². The van der Waals surface area contributed by atoms with Crippen LogP contribution in [0.15, 0.2) is 11.4 Å². The smallest absolute Gasteiger partial charge is 0.276 e. The number of carbonyl (C=O) groups is 2. The Balaban J connectivity index is 1.21. The summed E-state index contributed by atoms with van der Waals surface area (Å²) in [6.45, 7) is 7.03. The van der Waals surface area contributed by atoms with E-state index in [0.717, 1.165) is 49.5 Å². The van der Waals surface area contributed by atoms with Crippen LogP contribution in [-0.4, -0.2) is 97.6 Å². The first kappa shape index (κ1) is 23.8. The predicted molar refractivity (Wildman–Crippen MR) is 133 cm³/mol. The number of amides is 2. The fourth-order valence-corrected chi connectivity index (χ4v) is 6.02. The fraction of sp³-hybridized carbons (Fsp3) is 0.583. The molecule has 3 aromatic rings. The fourth-order valence-electron chi connectivity index (χ4n) is 5.06. The predicted octanol–water partition coefficient (Wildman–Crippen LogP) is 2.38. The van der Waals surface area contributed by atoms with Crippen molar-refractivity contribution in [3.8, 4) is 0 Å². The maximum Gasteiger partial charge on any atom is 0.276 e. The number of rotatable bonds is 4. The highest BCUT2D eigenvalue weighted by atomic mass is 32.1. The van der Waals surface area contributed by atoms with Crippen LogP contribution in [0.5, 0.6) is 0 Å². The third kappa shape index (κ3) is 4.66. The van der Waals surface area contributed by atoms with Crippen LogP contribution < -0.4 is 0 Å². The van der Waals surface area contributed by atoms with Crippen LogP contribution in [0, 0.1) is 13.8 Å². The van der Waals surface area contributed by atoms with E-state index in [1.54, 1.807) is 15.9 Å². The number of aromatic nitrogens is 5. The molecule has 0 atom stereocenters. The number of nitrogens with zero attached hydrogens (tertiary/aromatic N) is 8. The van der Waals surface area contributed by atoms with Gasteiger partial charge in [0.25, 0.3) is 11.8 Å². The second kappa shape index (κ2) is 9.62. The van der Waals surface area contributed by atoms with Crippen molar-refractivity contribution < 1.29 is 9.59 Å². The molecule has 0 aromatic carbocycles. The molecule has 0 bridgehead atoms. The summed E-state index contributed by atoms with van der Waals surface area (Å²) in [4.78, 5) is 36.9. The summed E-state index contributed by atoms with van der Waals surface area (Å²) >= 11 is 1.56. The van der Waals surface area contributed by atoms with Gasteiger partial charge in [-0.2, -0.15) is 5.10 Å². The minimum atomic E-state index is -0.113. The molecule has 5 heterocycles. The van der Waals surface area contributed by atoms with E-state index >= 15 is 0 Å². The molecule has 0 spiro atoms. The highest BCUT2D eigenvalue weighted by Crippen LogP contribution is 2.31. The Labute approximate surface area is 208 Å². The quantitative estimate of drug-likeness (QED) is 0.547. The van der Waals surface area contributed by atoms with Crippen molar-refractivity contribution in [2.45, 2.75) is 51.5 Å². The summed E-state index contributed by atoms with van der Waals surface area (Å²) in [6.07, 6.45) is 3.62. The minimum Gasteiger partial charge on any atom is -0.337 e. The Kier molecular flexibility index (Phi) is 6.54. The zero-order chi connectivity index (χ0) is 24.7. The van der Waals surface area contributed by atoms with E-state index in [9.17, 15) is 9.59 Å². The number of piperidine rings is 2. The van der Waals surface area contributed by atoms with Gasteiger partial charge in [0.2, 0.25) is 0 Å². The zero-order valence-electron chi connectivity index (χ0n) is 20.8. The van der Waals surface area contributed by atoms with Crippen LogP contribution in [0.2, 0.25) is 0 Å². The normalized spacial score (nSPS) is 18.3. The van der Waals surface area contributed by atoms with Gasteiger partial charge in [0, 0.05) is 43.5 Å². The van der Waals surface area contributed by atoms with Gasteiger partial charge in [0.1, 0.15) is 5.69 Å². The van der Waals surface area contributed by atoms with Gasteiger partial charge < -0.3 is 14.7 Å². The van der Waals surface area contributed by atoms with Gasteiger partial charge in [-0.05, 0) is 59.7 Å². The SMILES string of the molecule is Cc1cc2nnc(C(=O)N3CCC(c4nc(C(=O)N(C)C5CCN(C)CC5)cs4)CC3)c(C)n2n1. The van der Waals surface area contributed by atoms with Gasteiger partial charge in [0.05, 0.1) is 16.4 Å². The van der Waals surface area contributed by atoms with Crippen LogP contribution in [0.3, 0.4) is 0 Å². The lowest BCUT2D eigenvalue weighted by molar-refractivity contribution is 0.0654. The molecular weight excluding hydrogens is 464 g/mol. The minimum absolute atomic E-state index is 0.00738. The highest BCUT2D eigenvalue weighted by molar-refractivity contribution is 7.09. The van der Waals surface area contributed by atoms with Crippen molar-refractivity contribution in [2.24, 2.45) is 0 Å². The molecule has 0 unspecified atom stereocenters. The zero-order valence-corrected chi connectivity index (χ0v) is 21.6. The maximum absolute atomic E-state index is 13.2. The molecule has 2 aliphatic rings. The third-order valence-corrected chi connectivity index (χ3v) is 8.36. The molecule has 2 aliphatic heterocycles. The van der Waals surface area contributed by atoms with E-state index in [4.69, 9.17) is 4.98 Å². The lowest BCUT2D eigenvalue weighted by atomic mass is 9.97. The topological polar surface area (TPSA) is 99.8 Å². The van der Waals surface area contributed by atoms with E-state index in [0.29, 0.717) is 35.8 Å². The Morgan fingerprint density at radius 1 is 1.06 bits per heavy atom. The van der Waals surface area contributed by atoms with Crippen LogP contribution >= 0.6 is 11.3 Å². The second-order valence-corrected chi connectivity index (χ2v) is 10.7. The van der Waals surface area contributed by atoms with Gasteiger partial charge in [-0.1, -0.05) is 0 Å². The average Bonchev–Trinajstić information content (AvgIpc) is 3.51. The van der Waals surface area contributed by atoms with Gasteiger partial charge in [0.15, 0.2) is 11.3 Å². The number of hydrogen-bond donors (Lipinski definition) is 0. The second-order valence-electron chi connectivity index (χ2n) is 9.78.